The van der Waals surface area contributed by atoms with Crippen molar-refractivity contribution in [1.29, 1.82) is 0 Å². The van der Waals surface area contributed by atoms with Crippen LogP contribution in [0, 0.1) is 0 Å². The molecule has 16 heavy (non-hydrogen) atoms. The van der Waals surface area contributed by atoms with Crippen molar-refractivity contribution in [1.82, 2.24) is 0 Å². The Bertz CT molecular complexity index is 395. The summed E-state index contributed by atoms with van der Waals surface area (Å²) >= 11 is 0. The van der Waals surface area contributed by atoms with Crippen LogP contribution in [-0.4, -0.2) is 13.1 Å². The van der Waals surface area contributed by atoms with Crippen LogP contribution >= 0.6 is 0 Å². The summed E-state index contributed by atoms with van der Waals surface area (Å²) in [5.41, 5.74) is 8.05. The Balaban J connectivity index is 2.38. The first kappa shape index (κ1) is 11.0. The molecule has 1 aliphatic carbocycles. The van der Waals surface area contributed by atoms with Crippen molar-refractivity contribution < 1.29 is 9.53 Å². The van der Waals surface area contributed by atoms with Gasteiger partial charge in [-0.15, -0.1) is 0 Å². The summed E-state index contributed by atoms with van der Waals surface area (Å²) in [6.07, 6.45) is 4.81. The molecule has 86 valence electrons. The van der Waals surface area contributed by atoms with Gasteiger partial charge in [0.2, 0.25) is 0 Å². The normalized spacial score (nSPS) is 16.3. The van der Waals surface area contributed by atoms with Gasteiger partial charge in [-0.05, 0) is 36.5 Å². The van der Waals surface area contributed by atoms with E-state index in [9.17, 15) is 4.79 Å². The minimum atomic E-state index is -0.283. The number of benzene rings is 1. The molecule has 3 nitrogen and oxygen atoms in total. The van der Waals surface area contributed by atoms with E-state index in [0.29, 0.717) is 17.2 Å². The summed E-state index contributed by atoms with van der Waals surface area (Å²) in [7, 11) is 1.41. The number of rotatable bonds is 2. The third kappa shape index (κ3) is 2.03. The van der Waals surface area contributed by atoms with Gasteiger partial charge in [-0.3, -0.25) is 0 Å². The number of esters is 1. The lowest BCUT2D eigenvalue weighted by Crippen LogP contribution is -2.08. The number of carbonyl (C=O) groups is 1. The molecule has 0 unspecified atom stereocenters. The van der Waals surface area contributed by atoms with Crippen LogP contribution in [0.25, 0.3) is 0 Å². The molecule has 0 heterocycles. The van der Waals surface area contributed by atoms with E-state index in [-0.39, 0.29) is 5.97 Å². The molecule has 0 amide bonds. The fraction of sp³-hybridized carbons (Fsp3) is 0.462. The molecular formula is C13H17NO2. The van der Waals surface area contributed by atoms with Crippen LogP contribution in [-0.2, 0) is 4.74 Å². The molecule has 0 bridgehead atoms. The SMILES string of the molecule is COC(=O)c1cc(N)ccc1C1CCCC1. The van der Waals surface area contributed by atoms with Gasteiger partial charge >= 0.3 is 5.97 Å². The van der Waals surface area contributed by atoms with Crippen molar-refractivity contribution in [2.24, 2.45) is 0 Å². The summed E-state index contributed by atoms with van der Waals surface area (Å²) in [4.78, 5) is 11.7. The van der Waals surface area contributed by atoms with Crippen molar-refractivity contribution in [3.63, 3.8) is 0 Å². The van der Waals surface area contributed by atoms with E-state index in [4.69, 9.17) is 10.5 Å². The average Bonchev–Trinajstić information content (AvgIpc) is 2.81. The standard InChI is InChI=1S/C13H17NO2/c1-16-13(15)12-8-10(14)6-7-11(12)9-4-2-3-5-9/h6-9H,2-5,14H2,1H3. The maximum atomic E-state index is 11.7. The molecule has 0 radical (unpaired) electrons. The van der Waals surface area contributed by atoms with Gasteiger partial charge in [0.15, 0.2) is 0 Å². The minimum absolute atomic E-state index is 0.283. The Morgan fingerprint density at radius 3 is 2.69 bits per heavy atom. The molecule has 0 atom stereocenters. The monoisotopic (exact) mass is 219 g/mol. The van der Waals surface area contributed by atoms with E-state index in [1.807, 2.05) is 12.1 Å². The summed E-state index contributed by atoms with van der Waals surface area (Å²) < 4.78 is 4.80. The van der Waals surface area contributed by atoms with E-state index in [1.165, 1.54) is 20.0 Å². The largest absolute Gasteiger partial charge is 0.465 e. The highest BCUT2D eigenvalue weighted by atomic mass is 16.5. The number of nitrogen functional groups attached to an aromatic ring is 1. The van der Waals surface area contributed by atoms with Gasteiger partial charge in [-0.2, -0.15) is 0 Å². The lowest BCUT2D eigenvalue weighted by molar-refractivity contribution is 0.0599. The number of carbonyl (C=O) groups excluding carboxylic acids is 1. The van der Waals surface area contributed by atoms with Crippen LogP contribution in [0.15, 0.2) is 18.2 Å². The second-order valence-electron chi connectivity index (χ2n) is 4.32. The van der Waals surface area contributed by atoms with Crippen molar-refractivity contribution in [3.8, 4) is 0 Å². The highest BCUT2D eigenvalue weighted by Crippen LogP contribution is 2.36. The van der Waals surface area contributed by atoms with Crippen LogP contribution in [0.5, 0.6) is 0 Å². The maximum absolute atomic E-state index is 11.7. The van der Waals surface area contributed by atoms with Crippen molar-refractivity contribution >= 4 is 11.7 Å². The molecule has 1 aliphatic rings. The first-order valence-corrected chi connectivity index (χ1v) is 5.70. The van der Waals surface area contributed by atoms with Crippen LogP contribution in [0.1, 0.15) is 47.5 Å². The summed E-state index contributed by atoms with van der Waals surface area (Å²) in [5, 5.41) is 0. The quantitative estimate of drug-likeness (QED) is 0.614. The highest BCUT2D eigenvalue weighted by Gasteiger charge is 2.22. The summed E-state index contributed by atoms with van der Waals surface area (Å²) in [6.45, 7) is 0. The molecule has 2 rings (SSSR count). The van der Waals surface area contributed by atoms with Gasteiger partial charge in [0.25, 0.3) is 0 Å². The van der Waals surface area contributed by atoms with Crippen LogP contribution in [0.3, 0.4) is 0 Å². The van der Waals surface area contributed by atoms with Gasteiger partial charge < -0.3 is 10.5 Å². The lowest BCUT2D eigenvalue weighted by Gasteiger charge is -2.14. The molecule has 0 aromatic heterocycles. The number of ether oxygens (including phenoxy) is 1. The summed E-state index contributed by atoms with van der Waals surface area (Å²) in [5.74, 6) is 0.212. The molecule has 1 fully saturated rings. The van der Waals surface area contributed by atoms with E-state index in [0.717, 1.165) is 18.4 Å². The Labute approximate surface area is 95.6 Å². The van der Waals surface area contributed by atoms with E-state index in [1.54, 1.807) is 6.07 Å². The van der Waals surface area contributed by atoms with E-state index >= 15 is 0 Å². The van der Waals surface area contributed by atoms with Crippen LogP contribution < -0.4 is 5.73 Å². The second kappa shape index (κ2) is 4.56. The Morgan fingerprint density at radius 1 is 1.38 bits per heavy atom. The second-order valence-corrected chi connectivity index (χ2v) is 4.32. The third-order valence-electron chi connectivity index (χ3n) is 3.28. The first-order chi connectivity index (χ1) is 7.72. The molecule has 1 aromatic rings. The minimum Gasteiger partial charge on any atom is -0.465 e. The molecule has 0 spiro atoms. The molecule has 1 saturated carbocycles. The first-order valence-electron chi connectivity index (χ1n) is 5.70. The van der Waals surface area contributed by atoms with Crippen molar-refractivity contribution in [2.75, 3.05) is 12.8 Å². The van der Waals surface area contributed by atoms with Gasteiger partial charge in [0, 0.05) is 5.69 Å². The maximum Gasteiger partial charge on any atom is 0.338 e. The van der Waals surface area contributed by atoms with Crippen LogP contribution in [0.2, 0.25) is 0 Å². The molecule has 3 heteroatoms. The van der Waals surface area contributed by atoms with E-state index < -0.39 is 0 Å². The molecule has 1 aromatic carbocycles. The Hall–Kier alpha value is -1.51. The van der Waals surface area contributed by atoms with Crippen molar-refractivity contribution in [2.45, 2.75) is 31.6 Å². The Morgan fingerprint density at radius 2 is 2.06 bits per heavy atom. The molecular weight excluding hydrogens is 202 g/mol. The van der Waals surface area contributed by atoms with Gasteiger partial charge in [0.1, 0.15) is 0 Å². The van der Waals surface area contributed by atoms with Gasteiger partial charge in [0.05, 0.1) is 12.7 Å². The zero-order valence-electron chi connectivity index (χ0n) is 9.53. The number of methoxy groups -OCH3 is 1. The fourth-order valence-electron chi connectivity index (χ4n) is 2.45. The third-order valence-corrected chi connectivity index (χ3v) is 3.28. The molecule has 2 N–H and O–H groups in total. The predicted molar refractivity (Wildman–Crippen MR) is 63.4 cm³/mol. The van der Waals surface area contributed by atoms with E-state index in [2.05, 4.69) is 0 Å². The van der Waals surface area contributed by atoms with Crippen molar-refractivity contribution in [3.05, 3.63) is 29.3 Å². The number of anilines is 1. The molecule has 0 saturated heterocycles. The smallest absolute Gasteiger partial charge is 0.338 e. The van der Waals surface area contributed by atoms with Gasteiger partial charge in [-0.1, -0.05) is 18.9 Å². The Kier molecular flexibility index (Phi) is 3.13. The zero-order chi connectivity index (χ0) is 11.5. The van der Waals surface area contributed by atoms with Crippen LogP contribution in [0.4, 0.5) is 5.69 Å². The molecule has 0 aliphatic heterocycles. The summed E-state index contributed by atoms with van der Waals surface area (Å²) in [6, 6.07) is 5.55. The predicted octanol–water partition coefficient (Wildman–Crippen LogP) is 2.71. The zero-order valence-corrected chi connectivity index (χ0v) is 9.53. The number of nitrogens with two attached hydrogens (primary N) is 1. The lowest BCUT2D eigenvalue weighted by atomic mass is 9.92. The average molecular weight is 219 g/mol. The highest BCUT2D eigenvalue weighted by molar-refractivity contribution is 5.92. The number of hydrogen-bond acceptors (Lipinski definition) is 3. The number of hydrogen-bond donors (Lipinski definition) is 1. The van der Waals surface area contributed by atoms with Gasteiger partial charge in [-0.25, -0.2) is 4.79 Å². The topological polar surface area (TPSA) is 52.3 Å². The fourth-order valence-corrected chi connectivity index (χ4v) is 2.45.